The Hall–Kier alpha value is -3.40. The minimum absolute atomic E-state index is 0.112. The quantitative estimate of drug-likeness (QED) is 0.492. The lowest BCUT2D eigenvalue weighted by molar-refractivity contribution is 0.414. The summed E-state index contributed by atoms with van der Waals surface area (Å²) >= 11 is 0. The van der Waals surface area contributed by atoms with Gasteiger partial charge >= 0.3 is 0 Å². The third-order valence-corrected chi connectivity index (χ3v) is 4.71. The number of nitrogens with zero attached hydrogens (tertiary/aromatic N) is 2. The molecular formula is C21H14N2O2. The summed E-state index contributed by atoms with van der Waals surface area (Å²) in [6.07, 6.45) is 0. The molecule has 1 aromatic heterocycles. The minimum atomic E-state index is -0.112. The fourth-order valence-corrected chi connectivity index (χ4v) is 3.53. The molecule has 1 heterocycles. The van der Waals surface area contributed by atoms with Crippen LogP contribution in [0.2, 0.25) is 0 Å². The van der Waals surface area contributed by atoms with Gasteiger partial charge in [-0.3, -0.25) is 4.79 Å². The molecule has 0 N–H and O–H groups in total. The van der Waals surface area contributed by atoms with Gasteiger partial charge in [0.15, 0.2) is 0 Å². The predicted molar refractivity (Wildman–Crippen MR) is 98.3 cm³/mol. The average Bonchev–Trinajstić information content (AvgIpc) is 3.00. The molecule has 0 amide bonds. The first-order chi connectivity index (χ1) is 12.3. The summed E-state index contributed by atoms with van der Waals surface area (Å²) in [7, 11) is 1.62. The smallest absolute Gasteiger partial charge is 0.279 e. The largest absolute Gasteiger partial charge is 0.497 e. The third-order valence-electron chi connectivity index (χ3n) is 4.71. The summed E-state index contributed by atoms with van der Waals surface area (Å²) in [6.45, 7) is 0. The highest BCUT2D eigenvalue weighted by Crippen LogP contribution is 2.44. The lowest BCUT2D eigenvalue weighted by Gasteiger charge is -2.09. The van der Waals surface area contributed by atoms with Gasteiger partial charge in [0.2, 0.25) is 0 Å². The molecule has 3 aromatic carbocycles. The van der Waals surface area contributed by atoms with Crippen LogP contribution in [0, 0.1) is 0 Å². The maximum Gasteiger partial charge on any atom is 0.279 e. The molecule has 0 saturated carbocycles. The molecule has 1 aliphatic rings. The van der Waals surface area contributed by atoms with Crippen molar-refractivity contribution in [3.63, 3.8) is 0 Å². The van der Waals surface area contributed by atoms with Crippen LogP contribution in [-0.4, -0.2) is 16.9 Å². The van der Waals surface area contributed by atoms with E-state index in [1.165, 1.54) is 4.68 Å². The molecule has 0 radical (unpaired) electrons. The molecule has 0 atom stereocenters. The molecule has 0 spiro atoms. The van der Waals surface area contributed by atoms with Gasteiger partial charge in [-0.25, -0.2) is 0 Å². The van der Waals surface area contributed by atoms with Gasteiger partial charge in [-0.2, -0.15) is 9.78 Å². The predicted octanol–water partition coefficient (Wildman–Crippen LogP) is 4.04. The number of hydrogen-bond donors (Lipinski definition) is 0. The number of benzene rings is 3. The Kier molecular flexibility index (Phi) is 2.82. The van der Waals surface area contributed by atoms with Crippen molar-refractivity contribution in [3.8, 4) is 33.8 Å². The second kappa shape index (κ2) is 5.05. The van der Waals surface area contributed by atoms with Crippen LogP contribution in [0.1, 0.15) is 0 Å². The minimum Gasteiger partial charge on any atom is -0.497 e. The maximum atomic E-state index is 13.0. The zero-order valence-electron chi connectivity index (χ0n) is 13.6. The summed E-state index contributed by atoms with van der Waals surface area (Å²) in [5, 5.41) is 6.33. The normalized spacial score (nSPS) is 11.6. The van der Waals surface area contributed by atoms with Gasteiger partial charge in [0.25, 0.3) is 5.56 Å². The van der Waals surface area contributed by atoms with Crippen molar-refractivity contribution < 1.29 is 4.74 Å². The first kappa shape index (κ1) is 14.0. The van der Waals surface area contributed by atoms with Crippen LogP contribution >= 0.6 is 0 Å². The lowest BCUT2D eigenvalue weighted by atomic mass is 10.0. The van der Waals surface area contributed by atoms with Gasteiger partial charge in [0, 0.05) is 10.9 Å². The van der Waals surface area contributed by atoms with Crippen LogP contribution in [0.5, 0.6) is 5.75 Å². The van der Waals surface area contributed by atoms with Crippen molar-refractivity contribution in [1.82, 2.24) is 9.78 Å². The molecule has 25 heavy (non-hydrogen) atoms. The van der Waals surface area contributed by atoms with Gasteiger partial charge in [0.1, 0.15) is 11.4 Å². The molecule has 4 aromatic rings. The number of fused-ring (bicyclic) bond motifs is 3. The molecule has 0 saturated heterocycles. The monoisotopic (exact) mass is 326 g/mol. The standard InChI is InChI=1S/C21H14N2O2/c1-25-14-11-9-13(10-12-14)23-21(24)18-8-4-7-16-15-5-2-3-6-17(15)20(22-23)19(16)18/h2-12H,1H3. The van der Waals surface area contributed by atoms with E-state index in [1.807, 2.05) is 48.5 Å². The molecule has 0 aliphatic heterocycles. The summed E-state index contributed by atoms with van der Waals surface area (Å²) in [5.41, 5.74) is 4.74. The second-order valence-corrected chi connectivity index (χ2v) is 6.04. The molecule has 5 rings (SSSR count). The van der Waals surface area contributed by atoms with E-state index in [-0.39, 0.29) is 5.56 Å². The zero-order chi connectivity index (χ0) is 17.0. The Bertz CT molecular complexity index is 1190. The fourth-order valence-electron chi connectivity index (χ4n) is 3.53. The fraction of sp³-hybridized carbons (Fsp3) is 0.0476. The van der Waals surface area contributed by atoms with Gasteiger partial charge in [-0.15, -0.1) is 0 Å². The second-order valence-electron chi connectivity index (χ2n) is 6.04. The zero-order valence-corrected chi connectivity index (χ0v) is 13.6. The van der Waals surface area contributed by atoms with Gasteiger partial charge in [0.05, 0.1) is 18.2 Å². The highest BCUT2D eigenvalue weighted by Gasteiger charge is 2.24. The van der Waals surface area contributed by atoms with Crippen molar-refractivity contribution in [2.24, 2.45) is 0 Å². The Morgan fingerprint density at radius 2 is 1.56 bits per heavy atom. The summed E-state index contributed by atoms with van der Waals surface area (Å²) in [6, 6.07) is 21.4. The van der Waals surface area contributed by atoms with E-state index >= 15 is 0 Å². The molecule has 1 aliphatic carbocycles. The van der Waals surface area contributed by atoms with E-state index < -0.39 is 0 Å². The van der Waals surface area contributed by atoms with Crippen LogP contribution in [-0.2, 0) is 0 Å². The summed E-state index contributed by atoms with van der Waals surface area (Å²) in [5.74, 6) is 0.745. The topological polar surface area (TPSA) is 44.1 Å². The molecule has 120 valence electrons. The average molecular weight is 326 g/mol. The molecule has 0 bridgehead atoms. The number of rotatable bonds is 2. The molecular weight excluding hydrogens is 312 g/mol. The van der Waals surface area contributed by atoms with Crippen LogP contribution in [0.15, 0.2) is 71.5 Å². The Balaban J connectivity index is 1.86. The SMILES string of the molecule is COc1ccc(-n2nc3c4c(cccc4c2=O)-c2ccccc2-3)cc1. The van der Waals surface area contributed by atoms with Crippen molar-refractivity contribution in [2.45, 2.75) is 0 Å². The molecule has 0 unspecified atom stereocenters. The molecule has 0 fully saturated rings. The van der Waals surface area contributed by atoms with E-state index in [0.717, 1.165) is 39.2 Å². The first-order valence-corrected chi connectivity index (χ1v) is 8.08. The first-order valence-electron chi connectivity index (χ1n) is 8.08. The Morgan fingerprint density at radius 1 is 0.840 bits per heavy atom. The third kappa shape index (κ3) is 1.88. The number of aromatic nitrogens is 2. The molecule has 4 nitrogen and oxygen atoms in total. The number of ether oxygens (including phenoxy) is 1. The van der Waals surface area contributed by atoms with E-state index in [1.54, 1.807) is 7.11 Å². The van der Waals surface area contributed by atoms with Crippen LogP contribution in [0.3, 0.4) is 0 Å². The van der Waals surface area contributed by atoms with E-state index in [2.05, 4.69) is 18.2 Å². The van der Waals surface area contributed by atoms with Crippen LogP contribution < -0.4 is 10.3 Å². The van der Waals surface area contributed by atoms with Gasteiger partial charge in [-0.05, 0) is 41.5 Å². The Morgan fingerprint density at radius 3 is 2.32 bits per heavy atom. The van der Waals surface area contributed by atoms with E-state index in [9.17, 15) is 4.79 Å². The van der Waals surface area contributed by atoms with Crippen LogP contribution in [0.4, 0.5) is 0 Å². The van der Waals surface area contributed by atoms with Crippen molar-refractivity contribution in [3.05, 3.63) is 77.1 Å². The number of hydrogen-bond acceptors (Lipinski definition) is 3. The van der Waals surface area contributed by atoms with E-state index in [0.29, 0.717) is 5.39 Å². The van der Waals surface area contributed by atoms with Crippen molar-refractivity contribution in [2.75, 3.05) is 7.11 Å². The van der Waals surface area contributed by atoms with Gasteiger partial charge < -0.3 is 4.74 Å². The molecule has 4 heteroatoms. The summed E-state index contributed by atoms with van der Waals surface area (Å²) in [4.78, 5) is 13.0. The maximum absolute atomic E-state index is 13.0. The Labute approximate surface area is 143 Å². The highest BCUT2D eigenvalue weighted by molar-refractivity contribution is 6.13. The van der Waals surface area contributed by atoms with Crippen molar-refractivity contribution >= 4 is 10.8 Å². The highest BCUT2D eigenvalue weighted by atomic mass is 16.5. The lowest BCUT2D eigenvalue weighted by Crippen LogP contribution is -2.21. The van der Waals surface area contributed by atoms with Crippen LogP contribution in [0.25, 0.3) is 38.8 Å². The van der Waals surface area contributed by atoms with Crippen molar-refractivity contribution in [1.29, 1.82) is 0 Å². The summed E-state index contributed by atoms with van der Waals surface area (Å²) < 4.78 is 6.67. The van der Waals surface area contributed by atoms with Gasteiger partial charge in [-0.1, -0.05) is 36.4 Å². The van der Waals surface area contributed by atoms with E-state index in [4.69, 9.17) is 9.84 Å². The number of methoxy groups -OCH3 is 1.